The molecule has 0 atom stereocenters. The van der Waals surface area contributed by atoms with Gasteiger partial charge >= 0.3 is 6.09 Å². The Morgan fingerprint density at radius 2 is 1.95 bits per heavy atom. The number of hydrogen-bond donors (Lipinski definition) is 1. The lowest BCUT2D eigenvalue weighted by atomic mass is 10.2. The standard InChI is InChI=1S/C13H20N2O4/c1-15(7-6-14)13(16)19-9-10-4-5-11(17-2)12(8-10)18-3/h4-5,8H,6-7,9,14H2,1-3H3. The Balaban J connectivity index is 2.60. The maximum atomic E-state index is 11.6. The molecule has 0 aliphatic rings. The molecule has 1 rings (SSSR count). The lowest BCUT2D eigenvalue weighted by Crippen LogP contribution is -2.32. The van der Waals surface area contributed by atoms with Gasteiger partial charge in [0.2, 0.25) is 0 Å². The van der Waals surface area contributed by atoms with Gasteiger partial charge in [0.15, 0.2) is 11.5 Å². The van der Waals surface area contributed by atoms with E-state index in [0.29, 0.717) is 24.6 Å². The van der Waals surface area contributed by atoms with E-state index in [-0.39, 0.29) is 6.61 Å². The highest BCUT2D eigenvalue weighted by Crippen LogP contribution is 2.27. The zero-order valence-electron chi connectivity index (χ0n) is 11.5. The lowest BCUT2D eigenvalue weighted by molar-refractivity contribution is 0.105. The minimum Gasteiger partial charge on any atom is -0.493 e. The molecular formula is C13H20N2O4. The molecule has 0 radical (unpaired) electrons. The number of rotatable bonds is 6. The highest BCUT2D eigenvalue weighted by molar-refractivity contribution is 5.67. The van der Waals surface area contributed by atoms with Crippen molar-refractivity contribution in [3.8, 4) is 11.5 Å². The van der Waals surface area contributed by atoms with Crippen molar-refractivity contribution in [3.05, 3.63) is 23.8 Å². The third-order valence-corrected chi connectivity index (χ3v) is 2.59. The van der Waals surface area contributed by atoms with E-state index in [1.54, 1.807) is 33.4 Å². The first kappa shape index (κ1) is 15.1. The third kappa shape index (κ3) is 4.33. The summed E-state index contributed by atoms with van der Waals surface area (Å²) in [6, 6.07) is 5.36. The van der Waals surface area contributed by atoms with Crippen molar-refractivity contribution < 1.29 is 19.0 Å². The van der Waals surface area contributed by atoms with Crippen molar-refractivity contribution in [2.24, 2.45) is 5.73 Å². The van der Waals surface area contributed by atoms with Gasteiger partial charge in [-0.3, -0.25) is 0 Å². The van der Waals surface area contributed by atoms with E-state index in [9.17, 15) is 4.79 Å². The van der Waals surface area contributed by atoms with Crippen LogP contribution in [0.2, 0.25) is 0 Å². The van der Waals surface area contributed by atoms with E-state index in [1.807, 2.05) is 6.07 Å². The van der Waals surface area contributed by atoms with Crippen LogP contribution in [-0.4, -0.2) is 45.3 Å². The first-order chi connectivity index (χ1) is 9.12. The summed E-state index contributed by atoms with van der Waals surface area (Å²) < 4.78 is 15.5. The second-order valence-electron chi connectivity index (χ2n) is 3.95. The van der Waals surface area contributed by atoms with Crippen molar-refractivity contribution in [3.63, 3.8) is 0 Å². The summed E-state index contributed by atoms with van der Waals surface area (Å²) in [5, 5.41) is 0. The Morgan fingerprint density at radius 1 is 1.26 bits per heavy atom. The van der Waals surface area contributed by atoms with Crippen LogP contribution < -0.4 is 15.2 Å². The fourth-order valence-electron chi connectivity index (χ4n) is 1.51. The highest BCUT2D eigenvalue weighted by atomic mass is 16.6. The Labute approximate surface area is 113 Å². The summed E-state index contributed by atoms with van der Waals surface area (Å²) in [7, 11) is 4.77. The van der Waals surface area contributed by atoms with Crippen LogP contribution in [0.15, 0.2) is 18.2 Å². The molecule has 6 nitrogen and oxygen atoms in total. The predicted molar refractivity (Wildman–Crippen MR) is 71.4 cm³/mol. The minimum absolute atomic E-state index is 0.175. The number of nitrogens with zero attached hydrogens (tertiary/aromatic N) is 1. The Hall–Kier alpha value is -1.95. The van der Waals surface area contributed by atoms with Crippen LogP contribution in [-0.2, 0) is 11.3 Å². The third-order valence-electron chi connectivity index (χ3n) is 2.59. The van der Waals surface area contributed by atoms with Gasteiger partial charge in [0.05, 0.1) is 14.2 Å². The van der Waals surface area contributed by atoms with Gasteiger partial charge in [-0.25, -0.2) is 4.79 Å². The van der Waals surface area contributed by atoms with E-state index in [1.165, 1.54) is 4.90 Å². The van der Waals surface area contributed by atoms with Gasteiger partial charge < -0.3 is 24.8 Å². The summed E-state index contributed by atoms with van der Waals surface area (Å²) in [6.07, 6.45) is -0.403. The largest absolute Gasteiger partial charge is 0.493 e. The number of ether oxygens (including phenoxy) is 3. The second kappa shape index (κ2) is 7.48. The van der Waals surface area contributed by atoms with E-state index < -0.39 is 6.09 Å². The first-order valence-corrected chi connectivity index (χ1v) is 5.91. The molecule has 0 aliphatic heterocycles. The van der Waals surface area contributed by atoms with Crippen molar-refractivity contribution in [2.75, 3.05) is 34.4 Å². The molecule has 1 aromatic rings. The van der Waals surface area contributed by atoms with Crippen LogP contribution in [0.1, 0.15) is 5.56 Å². The summed E-state index contributed by atoms with van der Waals surface area (Å²) >= 11 is 0. The van der Waals surface area contributed by atoms with Gasteiger partial charge in [0.25, 0.3) is 0 Å². The van der Waals surface area contributed by atoms with Crippen molar-refractivity contribution in [1.82, 2.24) is 4.90 Å². The number of carbonyl (C=O) groups is 1. The zero-order chi connectivity index (χ0) is 14.3. The smallest absolute Gasteiger partial charge is 0.409 e. The van der Waals surface area contributed by atoms with Crippen LogP contribution in [0.4, 0.5) is 4.79 Å². The molecule has 2 N–H and O–H groups in total. The number of hydrogen-bond acceptors (Lipinski definition) is 5. The van der Waals surface area contributed by atoms with Gasteiger partial charge in [-0.05, 0) is 17.7 Å². The van der Waals surface area contributed by atoms with E-state index in [2.05, 4.69) is 0 Å². The van der Waals surface area contributed by atoms with Crippen molar-refractivity contribution in [1.29, 1.82) is 0 Å². The predicted octanol–water partition coefficient (Wildman–Crippen LogP) is 1.23. The molecular weight excluding hydrogens is 248 g/mol. The molecule has 6 heteroatoms. The molecule has 0 fully saturated rings. The van der Waals surface area contributed by atoms with Crippen LogP contribution in [0.5, 0.6) is 11.5 Å². The quantitative estimate of drug-likeness (QED) is 0.840. The number of amides is 1. The van der Waals surface area contributed by atoms with E-state index in [0.717, 1.165) is 5.56 Å². The average Bonchev–Trinajstić information content (AvgIpc) is 2.44. The molecule has 0 spiro atoms. The molecule has 0 bridgehead atoms. The zero-order valence-corrected chi connectivity index (χ0v) is 11.5. The molecule has 1 aromatic carbocycles. The molecule has 0 aliphatic carbocycles. The second-order valence-corrected chi connectivity index (χ2v) is 3.95. The SMILES string of the molecule is COc1ccc(COC(=O)N(C)CCN)cc1OC. The van der Waals surface area contributed by atoms with Crippen LogP contribution in [0.3, 0.4) is 0 Å². The van der Waals surface area contributed by atoms with Gasteiger partial charge in [-0.15, -0.1) is 0 Å². The normalized spacial score (nSPS) is 9.89. The first-order valence-electron chi connectivity index (χ1n) is 5.91. The fourth-order valence-corrected chi connectivity index (χ4v) is 1.51. The maximum absolute atomic E-state index is 11.6. The fraction of sp³-hybridized carbons (Fsp3) is 0.462. The minimum atomic E-state index is -0.403. The summed E-state index contributed by atoms with van der Waals surface area (Å²) in [6.45, 7) is 1.04. The number of nitrogens with two attached hydrogens (primary N) is 1. The summed E-state index contributed by atoms with van der Waals surface area (Å²) in [5.74, 6) is 1.24. The monoisotopic (exact) mass is 268 g/mol. The highest BCUT2D eigenvalue weighted by Gasteiger charge is 2.10. The molecule has 1 amide bonds. The Bertz CT molecular complexity index is 423. The molecule has 0 aromatic heterocycles. The van der Waals surface area contributed by atoms with Gasteiger partial charge in [0.1, 0.15) is 6.61 Å². The lowest BCUT2D eigenvalue weighted by Gasteiger charge is -2.16. The topological polar surface area (TPSA) is 74.0 Å². The molecule has 0 saturated carbocycles. The van der Waals surface area contributed by atoms with Crippen molar-refractivity contribution >= 4 is 6.09 Å². The van der Waals surface area contributed by atoms with Crippen LogP contribution in [0, 0.1) is 0 Å². The molecule has 0 saturated heterocycles. The number of likely N-dealkylation sites (N-methyl/N-ethyl adjacent to an activating group) is 1. The maximum Gasteiger partial charge on any atom is 0.409 e. The number of benzene rings is 1. The van der Waals surface area contributed by atoms with Crippen LogP contribution in [0.25, 0.3) is 0 Å². The summed E-state index contributed by atoms with van der Waals surface area (Å²) in [5.41, 5.74) is 6.19. The average molecular weight is 268 g/mol. The number of methoxy groups -OCH3 is 2. The molecule has 19 heavy (non-hydrogen) atoms. The number of carbonyl (C=O) groups excluding carboxylic acids is 1. The van der Waals surface area contributed by atoms with E-state index >= 15 is 0 Å². The molecule has 106 valence electrons. The van der Waals surface area contributed by atoms with E-state index in [4.69, 9.17) is 19.9 Å². The van der Waals surface area contributed by atoms with Gasteiger partial charge in [0, 0.05) is 20.1 Å². The van der Waals surface area contributed by atoms with Gasteiger partial charge in [-0.2, -0.15) is 0 Å². The molecule has 0 unspecified atom stereocenters. The van der Waals surface area contributed by atoms with Gasteiger partial charge in [-0.1, -0.05) is 6.07 Å². The Kier molecular flexibility index (Phi) is 5.95. The molecule has 0 heterocycles. The van der Waals surface area contributed by atoms with Crippen molar-refractivity contribution in [2.45, 2.75) is 6.61 Å². The van der Waals surface area contributed by atoms with Crippen LogP contribution >= 0.6 is 0 Å². The Morgan fingerprint density at radius 3 is 2.53 bits per heavy atom. The summed E-state index contributed by atoms with van der Waals surface area (Å²) in [4.78, 5) is 13.0.